The number of carboxylic acid groups (broad SMARTS) is 1. The Morgan fingerprint density at radius 3 is 2.45 bits per heavy atom. The van der Waals surface area contributed by atoms with Gasteiger partial charge >= 0.3 is 5.97 Å². The lowest BCUT2D eigenvalue weighted by atomic mass is 9.60. The maximum Gasteiger partial charge on any atom is 0.309 e. The van der Waals surface area contributed by atoms with Gasteiger partial charge < -0.3 is 5.11 Å². The molecule has 1 fully saturated rings. The zero-order valence-corrected chi connectivity index (χ0v) is 7.26. The molecule has 0 heterocycles. The summed E-state index contributed by atoms with van der Waals surface area (Å²) in [5.41, 5.74) is -0.339. The number of carboxylic acids is 1. The highest BCUT2D eigenvalue weighted by Crippen LogP contribution is 2.48. The van der Waals surface area contributed by atoms with E-state index in [2.05, 4.69) is 6.92 Å². The van der Waals surface area contributed by atoms with Crippen molar-refractivity contribution in [3.8, 4) is 0 Å². The number of rotatable bonds is 3. The minimum Gasteiger partial charge on any atom is -0.481 e. The summed E-state index contributed by atoms with van der Waals surface area (Å²) in [5.74, 6) is 0.0371. The zero-order chi connectivity index (χ0) is 8.48. The van der Waals surface area contributed by atoms with Gasteiger partial charge in [0.2, 0.25) is 0 Å². The minimum absolute atomic E-state index is 0.339. The van der Waals surface area contributed by atoms with E-state index in [0.29, 0.717) is 5.92 Å². The van der Waals surface area contributed by atoms with E-state index in [1.807, 2.05) is 6.92 Å². The van der Waals surface area contributed by atoms with Gasteiger partial charge in [0.15, 0.2) is 0 Å². The highest BCUT2D eigenvalue weighted by Gasteiger charge is 2.47. The van der Waals surface area contributed by atoms with Crippen LogP contribution in [0.1, 0.15) is 39.5 Å². The highest BCUT2D eigenvalue weighted by atomic mass is 16.4. The van der Waals surface area contributed by atoms with Crippen LogP contribution in [0.5, 0.6) is 0 Å². The number of hydrogen-bond donors (Lipinski definition) is 1. The fraction of sp³-hybridized carbons (Fsp3) is 0.889. The molecule has 1 rings (SSSR count). The Balaban J connectivity index is 2.53. The molecule has 1 saturated carbocycles. The molecule has 0 unspecified atom stereocenters. The number of hydrogen-bond acceptors (Lipinski definition) is 1. The third-order valence-corrected chi connectivity index (χ3v) is 2.66. The lowest BCUT2D eigenvalue weighted by molar-refractivity contribution is -0.158. The topological polar surface area (TPSA) is 37.3 Å². The Hall–Kier alpha value is -0.530. The Kier molecular flexibility index (Phi) is 2.21. The number of carbonyl (C=O) groups is 1. The SMILES string of the molecule is CCCC1(C(=O)O)CC(C)C1. The summed E-state index contributed by atoms with van der Waals surface area (Å²) in [5, 5.41) is 8.93. The molecular formula is C9H16O2. The zero-order valence-electron chi connectivity index (χ0n) is 7.26. The van der Waals surface area contributed by atoms with E-state index in [4.69, 9.17) is 5.11 Å². The summed E-state index contributed by atoms with van der Waals surface area (Å²) in [6, 6.07) is 0. The predicted molar refractivity (Wildman–Crippen MR) is 43.4 cm³/mol. The Morgan fingerprint density at radius 1 is 1.64 bits per heavy atom. The summed E-state index contributed by atoms with van der Waals surface area (Å²) >= 11 is 0. The van der Waals surface area contributed by atoms with Crippen molar-refractivity contribution in [2.45, 2.75) is 39.5 Å². The second-order valence-electron chi connectivity index (χ2n) is 3.85. The Morgan fingerprint density at radius 2 is 2.18 bits per heavy atom. The van der Waals surface area contributed by atoms with Crippen LogP contribution in [0, 0.1) is 11.3 Å². The van der Waals surface area contributed by atoms with Crippen LogP contribution in [0.15, 0.2) is 0 Å². The first-order chi connectivity index (χ1) is 5.10. The van der Waals surface area contributed by atoms with Gasteiger partial charge in [0.1, 0.15) is 0 Å². The third kappa shape index (κ3) is 1.39. The fourth-order valence-electron chi connectivity index (χ4n) is 2.24. The second kappa shape index (κ2) is 2.84. The quantitative estimate of drug-likeness (QED) is 0.680. The molecule has 0 amide bonds. The normalized spacial score (nSPS) is 36.4. The van der Waals surface area contributed by atoms with E-state index in [-0.39, 0.29) is 5.41 Å². The molecule has 0 radical (unpaired) electrons. The van der Waals surface area contributed by atoms with Gasteiger partial charge in [0.05, 0.1) is 5.41 Å². The molecule has 11 heavy (non-hydrogen) atoms. The summed E-state index contributed by atoms with van der Waals surface area (Å²) in [7, 11) is 0. The molecule has 1 aliphatic rings. The lowest BCUT2D eigenvalue weighted by Crippen LogP contribution is -2.42. The molecular weight excluding hydrogens is 140 g/mol. The minimum atomic E-state index is -0.586. The van der Waals surface area contributed by atoms with Crippen molar-refractivity contribution in [3.63, 3.8) is 0 Å². The van der Waals surface area contributed by atoms with E-state index in [9.17, 15) is 4.79 Å². The molecule has 1 N–H and O–H groups in total. The third-order valence-electron chi connectivity index (χ3n) is 2.66. The molecule has 2 nitrogen and oxygen atoms in total. The van der Waals surface area contributed by atoms with E-state index in [1.54, 1.807) is 0 Å². The van der Waals surface area contributed by atoms with Crippen molar-refractivity contribution in [3.05, 3.63) is 0 Å². The van der Waals surface area contributed by atoms with Gasteiger partial charge in [-0.2, -0.15) is 0 Å². The Labute approximate surface area is 67.6 Å². The molecule has 2 heteroatoms. The average Bonchev–Trinajstić information content (AvgIpc) is 1.84. The number of aliphatic carboxylic acids is 1. The molecule has 0 aromatic heterocycles. The fourth-order valence-corrected chi connectivity index (χ4v) is 2.24. The van der Waals surface area contributed by atoms with Crippen molar-refractivity contribution in [2.75, 3.05) is 0 Å². The largest absolute Gasteiger partial charge is 0.481 e. The van der Waals surface area contributed by atoms with Gasteiger partial charge in [-0.15, -0.1) is 0 Å². The van der Waals surface area contributed by atoms with Crippen LogP contribution in [-0.2, 0) is 4.79 Å². The van der Waals surface area contributed by atoms with Gasteiger partial charge in [-0.3, -0.25) is 4.79 Å². The molecule has 0 spiro atoms. The van der Waals surface area contributed by atoms with Crippen molar-refractivity contribution >= 4 is 5.97 Å². The van der Waals surface area contributed by atoms with Crippen LogP contribution in [0.2, 0.25) is 0 Å². The van der Waals surface area contributed by atoms with E-state index < -0.39 is 5.97 Å². The first-order valence-electron chi connectivity index (χ1n) is 4.34. The predicted octanol–water partition coefficient (Wildman–Crippen LogP) is 2.29. The first kappa shape index (κ1) is 8.57. The van der Waals surface area contributed by atoms with Crippen molar-refractivity contribution < 1.29 is 9.90 Å². The molecule has 0 atom stereocenters. The van der Waals surface area contributed by atoms with Crippen molar-refractivity contribution in [1.29, 1.82) is 0 Å². The average molecular weight is 156 g/mol. The smallest absolute Gasteiger partial charge is 0.309 e. The van der Waals surface area contributed by atoms with Crippen LogP contribution >= 0.6 is 0 Å². The van der Waals surface area contributed by atoms with Gasteiger partial charge in [-0.05, 0) is 25.2 Å². The summed E-state index contributed by atoms with van der Waals surface area (Å²) in [4.78, 5) is 10.8. The molecule has 1 aliphatic carbocycles. The molecule has 0 aliphatic heterocycles. The van der Waals surface area contributed by atoms with E-state index in [1.165, 1.54) is 0 Å². The first-order valence-corrected chi connectivity index (χ1v) is 4.34. The molecule has 0 bridgehead atoms. The molecule has 64 valence electrons. The van der Waals surface area contributed by atoms with Crippen LogP contribution in [0.25, 0.3) is 0 Å². The maximum absolute atomic E-state index is 10.8. The summed E-state index contributed by atoms with van der Waals surface area (Å²) in [6.45, 7) is 4.17. The van der Waals surface area contributed by atoms with Gasteiger partial charge in [-0.1, -0.05) is 20.3 Å². The standard InChI is InChI=1S/C9H16O2/c1-3-4-9(8(10)11)5-7(2)6-9/h7H,3-6H2,1-2H3,(H,10,11). The van der Waals surface area contributed by atoms with Crippen molar-refractivity contribution in [2.24, 2.45) is 11.3 Å². The Bertz CT molecular complexity index is 151. The summed E-state index contributed by atoms with van der Waals surface area (Å²) < 4.78 is 0. The van der Waals surface area contributed by atoms with Gasteiger partial charge in [-0.25, -0.2) is 0 Å². The van der Waals surface area contributed by atoms with Crippen molar-refractivity contribution in [1.82, 2.24) is 0 Å². The second-order valence-corrected chi connectivity index (χ2v) is 3.85. The molecule has 0 aromatic rings. The van der Waals surface area contributed by atoms with Crippen LogP contribution in [-0.4, -0.2) is 11.1 Å². The maximum atomic E-state index is 10.8. The summed E-state index contributed by atoms with van der Waals surface area (Å²) in [6.07, 6.45) is 3.61. The lowest BCUT2D eigenvalue weighted by Gasteiger charge is -2.42. The van der Waals surface area contributed by atoms with Crippen LogP contribution in [0.3, 0.4) is 0 Å². The van der Waals surface area contributed by atoms with Gasteiger partial charge in [0, 0.05) is 0 Å². The molecule has 0 aromatic carbocycles. The molecule has 0 saturated heterocycles. The highest BCUT2D eigenvalue weighted by molar-refractivity contribution is 5.75. The van der Waals surface area contributed by atoms with Crippen LogP contribution < -0.4 is 0 Å². The van der Waals surface area contributed by atoms with E-state index in [0.717, 1.165) is 25.7 Å². The van der Waals surface area contributed by atoms with Gasteiger partial charge in [0.25, 0.3) is 0 Å². The van der Waals surface area contributed by atoms with Crippen LogP contribution in [0.4, 0.5) is 0 Å². The monoisotopic (exact) mass is 156 g/mol. The van der Waals surface area contributed by atoms with E-state index >= 15 is 0 Å².